The number of benzene rings is 1. The van der Waals surface area contributed by atoms with Crippen LogP contribution in [0.5, 0.6) is 5.75 Å². The van der Waals surface area contributed by atoms with Crippen LogP contribution in [0, 0.1) is 6.92 Å². The molecular weight excluding hydrogens is 390 g/mol. The van der Waals surface area contributed by atoms with E-state index in [9.17, 15) is 9.59 Å². The monoisotopic (exact) mass is 411 g/mol. The highest BCUT2D eigenvalue weighted by Crippen LogP contribution is 2.18. The molecule has 150 valence electrons. The van der Waals surface area contributed by atoms with Crippen molar-refractivity contribution < 1.29 is 18.7 Å². The SMILES string of the molecule is Cc1csc(COc2ccc(C(=O)N3CCN(C(=O)c4ccco4)CC3)cc2)n1. The Bertz CT molecular complexity index is 974. The van der Waals surface area contributed by atoms with Gasteiger partial charge in [0.25, 0.3) is 11.8 Å². The number of hydrogen-bond donors (Lipinski definition) is 0. The van der Waals surface area contributed by atoms with Gasteiger partial charge in [-0.2, -0.15) is 0 Å². The molecule has 4 rings (SSSR count). The standard InChI is InChI=1S/C21H21N3O4S/c1-15-14-29-19(22-15)13-28-17-6-4-16(5-7-17)20(25)23-8-10-24(11-9-23)21(26)18-3-2-12-27-18/h2-7,12,14H,8-11,13H2,1H3. The van der Waals surface area contributed by atoms with Gasteiger partial charge in [-0.1, -0.05) is 0 Å². The minimum Gasteiger partial charge on any atom is -0.486 e. The Morgan fingerprint density at radius 2 is 1.76 bits per heavy atom. The number of ether oxygens (including phenoxy) is 1. The molecule has 2 amide bonds. The number of aromatic nitrogens is 1. The van der Waals surface area contributed by atoms with Crippen LogP contribution in [0.25, 0.3) is 0 Å². The highest BCUT2D eigenvalue weighted by Gasteiger charge is 2.26. The Kier molecular flexibility index (Phi) is 5.62. The summed E-state index contributed by atoms with van der Waals surface area (Å²) in [5.41, 5.74) is 1.59. The lowest BCUT2D eigenvalue weighted by Crippen LogP contribution is -2.50. The average Bonchev–Trinajstić information content (AvgIpc) is 3.44. The summed E-state index contributed by atoms with van der Waals surface area (Å²) in [5, 5.41) is 2.91. The zero-order chi connectivity index (χ0) is 20.2. The fourth-order valence-corrected chi connectivity index (χ4v) is 3.84. The van der Waals surface area contributed by atoms with Crippen molar-refractivity contribution in [3.05, 3.63) is 70.1 Å². The van der Waals surface area contributed by atoms with Crippen molar-refractivity contribution in [2.24, 2.45) is 0 Å². The van der Waals surface area contributed by atoms with Gasteiger partial charge in [-0.15, -0.1) is 11.3 Å². The van der Waals surface area contributed by atoms with Gasteiger partial charge in [0.2, 0.25) is 0 Å². The number of furan rings is 1. The maximum absolute atomic E-state index is 12.8. The maximum Gasteiger partial charge on any atom is 0.289 e. The molecule has 1 aliphatic heterocycles. The molecule has 0 aliphatic carbocycles. The van der Waals surface area contributed by atoms with Gasteiger partial charge in [-0.25, -0.2) is 4.98 Å². The molecule has 1 fully saturated rings. The third-order valence-corrected chi connectivity index (χ3v) is 5.66. The van der Waals surface area contributed by atoms with E-state index in [1.54, 1.807) is 57.5 Å². The molecule has 8 heteroatoms. The first-order chi connectivity index (χ1) is 14.1. The fraction of sp³-hybridized carbons (Fsp3) is 0.286. The van der Waals surface area contributed by atoms with Crippen LogP contribution in [-0.4, -0.2) is 52.8 Å². The Labute approximate surface area is 172 Å². The number of carbonyl (C=O) groups excluding carboxylic acids is 2. The average molecular weight is 411 g/mol. The molecule has 0 bridgehead atoms. The molecule has 0 atom stereocenters. The van der Waals surface area contributed by atoms with Gasteiger partial charge in [0.05, 0.1) is 6.26 Å². The number of carbonyl (C=O) groups is 2. The summed E-state index contributed by atoms with van der Waals surface area (Å²) >= 11 is 1.57. The Hall–Kier alpha value is -3.13. The van der Waals surface area contributed by atoms with E-state index < -0.39 is 0 Å². The van der Waals surface area contributed by atoms with E-state index >= 15 is 0 Å². The second-order valence-electron chi connectivity index (χ2n) is 6.76. The molecule has 29 heavy (non-hydrogen) atoms. The third kappa shape index (κ3) is 4.48. The minimum absolute atomic E-state index is 0.0443. The highest BCUT2D eigenvalue weighted by molar-refractivity contribution is 7.09. The largest absolute Gasteiger partial charge is 0.486 e. The van der Waals surface area contributed by atoms with Gasteiger partial charge in [-0.3, -0.25) is 9.59 Å². The maximum atomic E-state index is 12.8. The first kappa shape index (κ1) is 19.2. The number of aryl methyl sites for hydroxylation is 1. The highest BCUT2D eigenvalue weighted by atomic mass is 32.1. The van der Waals surface area contributed by atoms with Crippen molar-refractivity contribution in [3.8, 4) is 5.75 Å². The van der Waals surface area contributed by atoms with Gasteiger partial charge in [0, 0.05) is 42.8 Å². The molecule has 0 N–H and O–H groups in total. The topological polar surface area (TPSA) is 75.9 Å². The van der Waals surface area contributed by atoms with Gasteiger partial charge < -0.3 is 19.0 Å². The normalized spacial score (nSPS) is 14.1. The van der Waals surface area contributed by atoms with Crippen LogP contribution in [0.15, 0.2) is 52.5 Å². The Morgan fingerprint density at radius 3 is 2.34 bits per heavy atom. The van der Waals surface area contributed by atoms with E-state index in [1.165, 1.54) is 6.26 Å². The van der Waals surface area contributed by atoms with Crippen molar-refractivity contribution in [1.82, 2.24) is 14.8 Å². The molecule has 0 radical (unpaired) electrons. The van der Waals surface area contributed by atoms with Crippen LogP contribution in [0.2, 0.25) is 0 Å². The number of piperazine rings is 1. The van der Waals surface area contributed by atoms with Gasteiger partial charge >= 0.3 is 0 Å². The van der Waals surface area contributed by atoms with Crippen molar-refractivity contribution >= 4 is 23.2 Å². The first-order valence-corrected chi connectivity index (χ1v) is 10.2. The molecule has 1 aliphatic rings. The molecule has 0 unspecified atom stereocenters. The molecule has 1 saturated heterocycles. The second-order valence-corrected chi connectivity index (χ2v) is 7.70. The summed E-state index contributed by atoms with van der Waals surface area (Å²) in [6, 6.07) is 10.5. The second kappa shape index (κ2) is 8.48. The molecular formula is C21H21N3O4S. The lowest BCUT2D eigenvalue weighted by atomic mass is 10.1. The van der Waals surface area contributed by atoms with Crippen molar-refractivity contribution in [1.29, 1.82) is 0 Å². The predicted molar refractivity (Wildman–Crippen MR) is 108 cm³/mol. The molecule has 3 aromatic rings. The number of thiazole rings is 1. The fourth-order valence-electron chi connectivity index (χ4n) is 3.16. The van der Waals surface area contributed by atoms with E-state index in [2.05, 4.69) is 4.98 Å². The summed E-state index contributed by atoms with van der Waals surface area (Å²) in [7, 11) is 0. The van der Waals surface area contributed by atoms with E-state index in [0.29, 0.717) is 49.9 Å². The number of nitrogens with zero attached hydrogens (tertiary/aromatic N) is 3. The third-order valence-electron chi connectivity index (χ3n) is 4.72. The van der Waals surface area contributed by atoms with Crippen LogP contribution in [0.4, 0.5) is 0 Å². The Balaban J connectivity index is 1.30. The van der Waals surface area contributed by atoms with Crippen LogP contribution in [0.3, 0.4) is 0 Å². The van der Waals surface area contributed by atoms with Gasteiger partial charge in [0.1, 0.15) is 17.4 Å². The molecule has 7 nitrogen and oxygen atoms in total. The van der Waals surface area contributed by atoms with Crippen molar-refractivity contribution in [2.75, 3.05) is 26.2 Å². The van der Waals surface area contributed by atoms with Gasteiger partial charge in [-0.05, 0) is 43.3 Å². The quantitative estimate of drug-likeness (QED) is 0.644. The molecule has 3 heterocycles. The number of hydrogen-bond acceptors (Lipinski definition) is 6. The molecule has 1 aromatic carbocycles. The molecule has 2 aromatic heterocycles. The molecule has 0 saturated carbocycles. The smallest absolute Gasteiger partial charge is 0.289 e. The summed E-state index contributed by atoms with van der Waals surface area (Å²) in [5.74, 6) is 0.841. The lowest BCUT2D eigenvalue weighted by Gasteiger charge is -2.34. The van der Waals surface area contributed by atoms with Crippen LogP contribution in [-0.2, 0) is 6.61 Å². The zero-order valence-electron chi connectivity index (χ0n) is 16.0. The van der Waals surface area contributed by atoms with E-state index in [0.717, 1.165) is 10.7 Å². The van der Waals surface area contributed by atoms with E-state index in [-0.39, 0.29) is 11.8 Å². The summed E-state index contributed by atoms with van der Waals surface area (Å²) < 4.78 is 10.9. The first-order valence-electron chi connectivity index (χ1n) is 9.36. The Morgan fingerprint density at radius 1 is 1.07 bits per heavy atom. The van der Waals surface area contributed by atoms with Crippen LogP contribution < -0.4 is 4.74 Å². The van der Waals surface area contributed by atoms with Crippen molar-refractivity contribution in [2.45, 2.75) is 13.5 Å². The van der Waals surface area contributed by atoms with Crippen molar-refractivity contribution in [3.63, 3.8) is 0 Å². The van der Waals surface area contributed by atoms with E-state index in [4.69, 9.17) is 9.15 Å². The van der Waals surface area contributed by atoms with Gasteiger partial charge in [0.15, 0.2) is 5.76 Å². The summed E-state index contributed by atoms with van der Waals surface area (Å²) in [6.45, 7) is 4.32. The number of amides is 2. The summed E-state index contributed by atoms with van der Waals surface area (Å²) in [6.07, 6.45) is 1.48. The minimum atomic E-state index is -0.140. The molecule has 0 spiro atoms. The van der Waals surface area contributed by atoms with Crippen LogP contribution in [0.1, 0.15) is 31.6 Å². The lowest BCUT2D eigenvalue weighted by molar-refractivity contribution is 0.0518. The summed E-state index contributed by atoms with van der Waals surface area (Å²) in [4.78, 5) is 32.9. The van der Waals surface area contributed by atoms with Crippen LogP contribution >= 0.6 is 11.3 Å². The predicted octanol–water partition coefficient (Wildman–Crippen LogP) is 3.22. The van der Waals surface area contributed by atoms with E-state index in [1.807, 2.05) is 12.3 Å². The zero-order valence-corrected chi connectivity index (χ0v) is 16.9. The number of rotatable bonds is 5.